The van der Waals surface area contributed by atoms with Gasteiger partial charge in [0.2, 0.25) is 0 Å². The van der Waals surface area contributed by atoms with Gasteiger partial charge in [-0.2, -0.15) is 25.3 Å². The van der Waals surface area contributed by atoms with Gasteiger partial charge in [0.15, 0.2) is 0 Å². The summed E-state index contributed by atoms with van der Waals surface area (Å²) in [7, 11) is -11.0. The number of fused-ring (bicyclic) bond motifs is 2. The summed E-state index contributed by atoms with van der Waals surface area (Å²) < 4.78 is 82.9. The normalized spacial score (nSPS) is 14.9. The van der Waals surface area contributed by atoms with E-state index in [-0.39, 0.29) is 5.97 Å². The first kappa shape index (κ1) is 44.0. The van der Waals surface area contributed by atoms with E-state index in [0.717, 1.165) is 57.3 Å². The first-order chi connectivity index (χ1) is 22.1. The summed E-state index contributed by atoms with van der Waals surface area (Å²) in [5.41, 5.74) is 7.90. The summed E-state index contributed by atoms with van der Waals surface area (Å²) in [6, 6.07) is 14.8. The summed E-state index contributed by atoms with van der Waals surface area (Å²) >= 11 is 8.15. The average Bonchev–Trinajstić information content (AvgIpc) is 2.94. The number of anilines is 2. The molecule has 5 N–H and O–H groups in total. The maximum absolute atomic E-state index is 11.6. The van der Waals surface area contributed by atoms with E-state index in [1.165, 1.54) is 21.2 Å². The lowest BCUT2D eigenvalue weighted by molar-refractivity contribution is -0.144. The monoisotopic (exact) mass is 776 g/mol. The van der Waals surface area contributed by atoms with Gasteiger partial charge in [-0.3, -0.25) is 23.4 Å². The number of hydrogen-bond donors (Lipinski definition) is 4. The molecular weight excluding hydrogens is 732 g/mol. The Bertz CT molecular complexity index is 1530. The molecule has 2 aromatic rings. The molecule has 0 unspecified atom stereocenters. The van der Waals surface area contributed by atoms with E-state index in [1.807, 2.05) is 17.8 Å². The van der Waals surface area contributed by atoms with Gasteiger partial charge in [-0.15, -0.1) is 0 Å². The second kappa shape index (κ2) is 21.2. The Labute approximate surface area is 293 Å². The summed E-state index contributed by atoms with van der Waals surface area (Å²) in [6.45, 7) is 7.98. The van der Waals surface area contributed by atoms with Crippen molar-refractivity contribution < 1.29 is 48.4 Å². The average molecular weight is 777 g/mol. The third-order valence-corrected chi connectivity index (χ3v) is 7.53. The van der Waals surface area contributed by atoms with Crippen LogP contribution in [0.2, 0.25) is 5.02 Å². The van der Waals surface area contributed by atoms with Gasteiger partial charge in [-0.05, 0) is 56.3 Å². The number of hydrogen-bond acceptors (Lipinski definition) is 13. The molecule has 20 heteroatoms. The molecule has 2 aliphatic rings. The highest BCUT2D eigenvalue weighted by molar-refractivity contribution is 7.99. The Hall–Kier alpha value is -2.04. The van der Waals surface area contributed by atoms with Gasteiger partial charge in [-0.1, -0.05) is 35.5 Å². The van der Waals surface area contributed by atoms with Crippen molar-refractivity contribution in [3.63, 3.8) is 0 Å². The third kappa shape index (κ3) is 22.6. The molecule has 15 nitrogen and oxygen atoms in total. The number of carbonyl (C=O) groups is 1. The lowest BCUT2D eigenvalue weighted by atomic mass is 10.2. The molecule has 0 radical (unpaired) electrons. The number of halogens is 1. The third-order valence-electron chi connectivity index (χ3n) is 6.16. The van der Waals surface area contributed by atoms with Crippen LogP contribution in [-0.4, -0.2) is 132 Å². The Morgan fingerprint density at radius 3 is 1.83 bits per heavy atom. The van der Waals surface area contributed by atoms with Crippen molar-refractivity contribution in [3.8, 4) is 0 Å². The van der Waals surface area contributed by atoms with Crippen molar-refractivity contribution >= 4 is 71.1 Å². The number of para-hydroxylation sites is 1. The lowest BCUT2D eigenvalue weighted by Gasteiger charge is -2.36. The van der Waals surface area contributed by atoms with E-state index in [1.54, 1.807) is 0 Å². The smallest absolute Gasteiger partial charge is 0.305 e. The molecule has 4 rings (SSSR count). The molecule has 0 aliphatic carbocycles. The zero-order valence-electron chi connectivity index (χ0n) is 27.1. The zero-order valence-corrected chi connectivity index (χ0v) is 31.1. The molecule has 2 heterocycles. The van der Waals surface area contributed by atoms with Gasteiger partial charge < -0.3 is 20.3 Å². The van der Waals surface area contributed by atoms with Crippen molar-refractivity contribution in [2.75, 3.05) is 82.6 Å². The Balaban J connectivity index is 0.000000643. The summed E-state index contributed by atoms with van der Waals surface area (Å²) in [4.78, 5) is 21.5. The molecule has 0 amide bonds. The van der Waals surface area contributed by atoms with Crippen LogP contribution in [0, 0.1) is 0 Å². The van der Waals surface area contributed by atoms with Gasteiger partial charge >= 0.3 is 5.97 Å². The molecular formula is C28H45ClN4O11S4. The number of ether oxygens (including phenoxy) is 1. The summed E-state index contributed by atoms with van der Waals surface area (Å²) in [6.07, 6.45) is 4.34. The van der Waals surface area contributed by atoms with E-state index in [9.17, 15) is 30.0 Å². The van der Waals surface area contributed by atoms with Gasteiger partial charge in [0.25, 0.3) is 30.4 Å². The largest absolute Gasteiger partial charge is 0.464 e. The minimum Gasteiger partial charge on any atom is -0.464 e. The maximum atomic E-state index is 11.6. The highest BCUT2D eigenvalue weighted by Gasteiger charge is 2.24. The minimum atomic E-state index is -3.67. The fourth-order valence-electron chi connectivity index (χ4n) is 4.34. The zero-order chi connectivity index (χ0) is 36.5. The highest BCUT2D eigenvalue weighted by Crippen LogP contribution is 2.48. The minimum absolute atomic E-state index is 0.139. The van der Waals surface area contributed by atoms with E-state index in [0.29, 0.717) is 44.8 Å². The molecule has 274 valence electrons. The number of piperazine rings is 1. The fourth-order valence-corrected chi connectivity index (χ4v) is 5.58. The van der Waals surface area contributed by atoms with Crippen molar-refractivity contribution in [2.45, 2.75) is 29.1 Å². The molecule has 2 aliphatic heterocycles. The molecule has 0 atom stereocenters. The maximum Gasteiger partial charge on any atom is 0.305 e. The van der Waals surface area contributed by atoms with Crippen LogP contribution in [0.4, 0.5) is 11.4 Å². The highest BCUT2D eigenvalue weighted by atomic mass is 35.5. The first-order valence-electron chi connectivity index (χ1n) is 14.6. The van der Waals surface area contributed by atoms with E-state index < -0.39 is 30.4 Å². The Morgan fingerprint density at radius 1 is 0.792 bits per heavy atom. The van der Waals surface area contributed by atoms with Crippen LogP contribution in [0.25, 0.3) is 0 Å². The second-order valence-electron chi connectivity index (χ2n) is 10.7. The van der Waals surface area contributed by atoms with Crippen molar-refractivity contribution in [1.29, 1.82) is 0 Å². The fraction of sp³-hybridized carbons (Fsp3) is 0.536. The van der Waals surface area contributed by atoms with Crippen LogP contribution in [0.3, 0.4) is 0 Å². The number of esters is 1. The molecule has 48 heavy (non-hydrogen) atoms. The van der Waals surface area contributed by atoms with Crippen LogP contribution in [0.1, 0.15) is 19.3 Å². The van der Waals surface area contributed by atoms with Crippen molar-refractivity contribution in [1.82, 2.24) is 9.80 Å². The van der Waals surface area contributed by atoms with Crippen LogP contribution in [-0.2, 0) is 39.9 Å². The van der Waals surface area contributed by atoms with E-state index in [4.69, 9.17) is 35.7 Å². The van der Waals surface area contributed by atoms with Crippen LogP contribution >= 0.6 is 23.4 Å². The van der Waals surface area contributed by atoms with Crippen LogP contribution in [0.5, 0.6) is 0 Å². The summed E-state index contributed by atoms with van der Waals surface area (Å²) in [5, 5.41) is 0.778. The van der Waals surface area contributed by atoms with Crippen LogP contribution in [0.15, 0.2) is 52.3 Å². The Kier molecular flexibility index (Phi) is 19.5. The number of nitrogens with two attached hydrogens (primary N) is 1. The summed E-state index contributed by atoms with van der Waals surface area (Å²) in [5.74, 6) is -0.139. The van der Waals surface area contributed by atoms with Gasteiger partial charge in [0.1, 0.15) is 6.61 Å². The van der Waals surface area contributed by atoms with Crippen LogP contribution < -0.4 is 10.6 Å². The van der Waals surface area contributed by atoms with Gasteiger partial charge in [0.05, 0.1) is 30.1 Å². The molecule has 1 fully saturated rings. The standard InChI is InChI=1S/C25H33ClN4O2S.3CH4O3S/c26-20-8-9-24-22(19-20)30(21-5-1-2-6-23(21)33-24)12-4-11-28-13-15-29(16-14-28)17-18-32-25(31)7-3-10-27;3*1-5(2,3)4/h1-2,5-6,8-9,19H,3-4,7,10-18,27H2;3*1H3,(H,2,3,4). The molecule has 2 aromatic carbocycles. The van der Waals surface area contributed by atoms with E-state index in [2.05, 4.69) is 51.1 Å². The quantitative estimate of drug-likeness (QED) is 0.201. The number of benzene rings is 2. The number of rotatable bonds is 10. The van der Waals surface area contributed by atoms with Crippen molar-refractivity contribution in [2.24, 2.45) is 5.73 Å². The first-order valence-corrected chi connectivity index (χ1v) is 21.3. The van der Waals surface area contributed by atoms with E-state index >= 15 is 0 Å². The predicted octanol–water partition coefficient (Wildman–Crippen LogP) is 2.74. The van der Waals surface area contributed by atoms with Crippen molar-refractivity contribution in [3.05, 3.63) is 47.5 Å². The van der Waals surface area contributed by atoms with Gasteiger partial charge in [-0.25, -0.2) is 0 Å². The molecule has 0 spiro atoms. The Morgan fingerprint density at radius 2 is 1.29 bits per heavy atom. The number of carbonyl (C=O) groups excluding carboxylic acids is 1. The molecule has 0 bridgehead atoms. The molecule has 0 aromatic heterocycles. The van der Waals surface area contributed by atoms with Gasteiger partial charge in [0, 0.05) is 60.5 Å². The topological polar surface area (TPSA) is 225 Å². The second-order valence-corrected chi connectivity index (χ2v) is 16.6. The predicted molar refractivity (Wildman–Crippen MR) is 188 cm³/mol. The number of nitrogens with zero attached hydrogens (tertiary/aromatic N) is 3. The molecule has 0 saturated carbocycles. The molecule has 1 saturated heterocycles. The SMILES string of the molecule is CS(=O)(=O)O.CS(=O)(=O)O.CS(=O)(=O)O.NCCCC(=O)OCCN1CCN(CCCN2c3ccccc3Sc3ccc(Cl)cc32)CC1. The lowest BCUT2D eigenvalue weighted by Crippen LogP contribution is -2.47.